The van der Waals surface area contributed by atoms with Crippen molar-refractivity contribution in [2.75, 3.05) is 10.6 Å². The van der Waals surface area contributed by atoms with Crippen LogP contribution in [0.4, 0.5) is 30.5 Å². The molecule has 0 atom stereocenters. The average molecular weight is 398 g/mol. The summed E-state index contributed by atoms with van der Waals surface area (Å²) in [5, 5.41) is 8.41. The Labute approximate surface area is 155 Å². The van der Waals surface area contributed by atoms with Crippen molar-refractivity contribution in [2.45, 2.75) is 13.1 Å². The lowest BCUT2D eigenvalue weighted by Crippen LogP contribution is -2.15. The summed E-state index contributed by atoms with van der Waals surface area (Å²) in [5.41, 5.74) is -1.20. The predicted molar refractivity (Wildman–Crippen MR) is 91.0 cm³/mol. The van der Waals surface area contributed by atoms with E-state index in [0.717, 1.165) is 12.1 Å². The number of halogens is 4. The maximum atomic E-state index is 12.9. The van der Waals surface area contributed by atoms with Gasteiger partial charge in [0.25, 0.3) is 5.91 Å². The number of amides is 1. The predicted octanol–water partition coefficient (Wildman–Crippen LogP) is 4.44. The first kappa shape index (κ1) is 18.6. The molecular weight excluding hydrogens is 387 g/mol. The lowest BCUT2D eigenvalue weighted by atomic mass is 10.2. The zero-order valence-electron chi connectivity index (χ0n) is 13.6. The van der Waals surface area contributed by atoms with Gasteiger partial charge in [-0.25, -0.2) is 9.97 Å². The Morgan fingerprint density at radius 1 is 1.15 bits per heavy atom. The van der Waals surface area contributed by atoms with Crippen molar-refractivity contribution in [3.8, 4) is 0 Å². The largest absolute Gasteiger partial charge is 0.417 e. The van der Waals surface area contributed by atoms with Gasteiger partial charge in [-0.2, -0.15) is 13.2 Å². The molecular formula is C16H11ClF3N5O2. The topological polar surface area (TPSA) is 92.9 Å². The van der Waals surface area contributed by atoms with Crippen LogP contribution in [-0.4, -0.2) is 21.0 Å². The fraction of sp³-hybridized carbons (Fsp3) is 0.125. The maximum absolute atomic E-state index is 12.9. The molecule has 0 radical (unpaired) electrons. The minimum absolute atomic E-state index is 0.0706. The highest BCUT2D eigenvalue weighted by Crippen LogP contribution is 2.36. The Kier molecular flexibility index (Phi) is 5.00. The van der Waals surface area contributed by atoms with Crippen molar-refractivity contribution in [1.29, 1.82) is 0 Å². The number of anilines is 3. The minimum Gasteiger partial charge on any atom is -0.360 e. The van der Waals surface area contributed by atoms with Crippen LogP contribution in [0.2, 0.25) is 5.02 Å². The highest BCUT2D eigenvalue weighted by atomic mass is 35.5. The molecule has 0 saturated carbocycles. The third-order valence-corrected chi connectivity index (χ3v) is 3.63. The normalized spacial score (nSPS) is 11.3. The van der Waals surface area contributed by atoms with Gasteiger partial charge >= 0.3 is 6.18 Å². The number of hydrogen-bond donors (Lipinski definition) is 2. The van der Waals surface area contributed by atoms with Gasteiger partial charge in [0.15, 0.2) is 5.82 Å². The van der Waals surface area contributed by atoms with E-state index in [2.05, 4.69) is 25.8 Å². The summed E-state index contributed by atoms with van der Waals surface area (Å²) in [5.74, 6) is 0.606. The quantitative estimate of drug-likeness (QED) is 0.676. The molecule has 27 heavy (non-hydrogen) atoms. The van der Waals surface area contributed by atoms with Crippen LogP contribution in [0.5, 0.6) is 0 Å². The fourth-order valence-electron chi connectivity index (χ4n) is 2.08. The van der Waals surface area contributed by atoms with Gasteiger partial charge in [-0.1, -0.05) is 16.8 Å². The van der Waals surface area contributed by atoms with Crippen molar-refractivity contribution < 1.29 is 22.5 Å². The molecule has 3 rings (SSSR count). The first-order valence-corrected chi connectivity index (χ1v) is 7.80. The van der Waals surface area contributed by atoms with Gasteiger partial charge in [0, 0.05) is 11.8 Å². The molecule has 0 fully saturated rings. The van der Waals surface area contributed by atoms with E-state index in [1.807, 2.05) is 0 Å². The van der Waals surface area contributed by atoms with Crippen LogP contribution in [0, 0.1) is 6.92 Å². The Balaban J connectivity index is 1.71. The number of hydrogen-bond acceptors (Lipinski definition) is 6. The molecule has 0 saturated heterocycles. The van der Waals surface area contributed by atoms with E-state index >= 15 is 0 Å². The number of alkyl halides is 3. The molecule has 7 nitrogen and oxygen atoms in total. The fourth-order valence-corrected chi connectivity index (χ4v) is 2.31. The number of carbonyl (C=O) groups is 1. The van der Waals surface area contributed by atoms with Crippen LogP contribution in [0.1, 0.15) is 21.8 Å². The lowest BCUT2D eigenvalue weighted by molar-refractivity contribution is -0.137. The number of carbonyl (C=O) groups excluding carboxylic acids is 1. The van der Waals surface area contributed by atoms with Gasteiger partial charge in [-0.3, -0.25) is 4.79 Å². The Morgan fingerprint density at radius 3 is 2.52 bits per heavy atom. The summed E-state index contributed by atoms with van der Waals surface area (Å²) in [6.45, 7) is 1.72. The van der Waals surface area contributed by atoms with Crippen LogP contribution < -0.4 is 10.6 Å². The van der Waals surface area contributed by atoms with E-state index in [1.165, 1.54) is 18.5 Å². The van der Waals surface area contributed by atoms with Crippen LogP contribution in [0.25, 0.3) is 0 Å². The molecule has 1 amide bonds. The third kappa shape index (κ3) is 4.53. The van der Waals surface area contributed by atoms with Crippen LogP contribution in [0.3, 0.4) is 0 Å². The smallest absolute Gasteiger partial charge is 0.360 e. The van der Waals surface area contributed by atoms with Crippen molar-refractivity contribution >= 4 is 34.8 Å². The molecule has 11 heteroatoms. The van der Waals surface area contributed by atoms with E-state index in [9.17, 15) is 18.0 Å². The second-order valence-electron chi connectivity index (χ2n) is 5.38. The second kappa shape index (κ2) is 7.23. The summed E-state index contributed by atoms with van der Waals surface area (Å²) in [6, 6.07) is 4.70. The molecule has 0 aliphatic rings. The molecule has 0 spiro atoms. The van der Waals surface area contributed by atoms with Crippen molar-refractivity contribution in [3.63, 3.8) is 0 Å². The number of benzene rings is 1. The standard InChI is InChI=1S/C16H11ClF3N5O2/c1-8-4-13(25-27-8)24-14-7-21-12(6-22-14)15(26)23-9-2-3-11(17)10(5-9)16(18,19)20/h2-7H,1H3,(H,23,26)(H,22,24,25). The van der Waals surface area contributed by atoms with E-state index in [1.54, 1.807) is 13.0 Å². The number of nitrogens with zero attached hydrogens (tertiary/aromatic N) is 3. The minimum atomic E-state index is -4.63. The van der Waals surface area contributed by atoms with Gasteiger partial charge in [0.2, 0.25) is 0 Å². The third-order valence-electron chi connectivity index (χ3n) is 3.30. The molecule has 0 bridgehead atoms. The van der Waals surface area contributed by atoms with Crippen LogP contribution >= 0.6 is 11.6 Å². The van der Waals surface area contributed by atoms with E-state index in [-0.39, 0.29) is 11.4 Å². The average Bonchev–Trinajstić information content (AvgIpc) is 3.01. The summed E-state index contributed by atoms with van der Waals surface area (Å²) in [6.07, 6.45) is -2.18. The zero-order chi connectivity index (χ0) is 19.6. The highest BCUT2D eigenvalue weighted by molar-refractivity contribution is 6.31. The van der Waals surface area contributed by atoms with Crippen molar-refractivity contribution in [3.05, 3.63) is 58.7 Å². The number of aryl methyl sites for hydroxylation is 1. The van der Waals surface area contributed by atoms with Crippen LogP contribution in [-0.2, 0) is 6.18 Å². The van der Waals surface area contributed by atoms with Gasteiger partial charge in [-0.15, -0.1) is 0 Å². The Bertz CT molecular complexity index is 973. The zero-order valence-corrected chi connectivity index (χ0v) is 14.4. The van der Waals surface area contributed by atoms with Crippen molar-refractivity contribution in [2.24, 2.45) is 0 Å². The molecule has 3 aromatic rings. The van der Waals surface area contributed by atoms with Gasteiger partial charge in [0.05, 0.1) is 23.0 Å². The summed E-state index contributed by atoms with van der Waals surface area (Å²) in [7, 11) is 0. The summed E-state index contributed by atoms with van der Waals surface area (Å²) < 4.78 is 43.5. The molecule has 140 valence electrons. The molecule has 0 aliphatic carbocycles. The lowest BCUT2D eigenvalue weighted by Gasteiger charge is -2.11. The molecule has 0 aliphatic heterocycles. The first-order valence-electron chi connectivity index (χ1n) is 7.43. The van der Waals surface area contributed by atoms with Gasteiger partial charge < -0.3 is 15.2 Å². The van der Waals surface area contributed by atoms with E-state index < -0.39 is 22.7 Å². The molecule has 1 aromatic carbocycles. The first-order chi connectivity index (χ1) is 12.7. The maximum Gasteiger partial charge on any atom is 0.417 e. The number of aromatic nitrogens is 3. The molecule has 0 unspecified atom stereocenters. The van der Waals surface area contributed by atoms with E-state index in [4.69, 9.17) is 16.1 Å². The second-order valence-corrected chi connectivity index (χ2v) is 5.79. The van der Waals surface area contributed by atoms with Gasteiger partial charge in [-0.05, 0) is 25.1 Å². The van der Waals surface area contributed by atoms with Crippen molar-refractivity contribution in [1.82, 2.24) is 15.1 Å². The SMILES string of the molecule is Cc1cc(Nc2cnc(C(=O)Nc3ccc(Cl)c(C(F)(F)F)c3)cn2)no1. The number of nitrogens with one attached hydrogen (secondary N) is 2. The highest BCUT2D eigenvalue weighted by Gasteiger charge is 2.33. The Morgan fingerprint density at radius 2 is 1.93 bits per heavy atom. The molecule has 2 N–H and O–H groups in total. The van der Waals surface area contributed by atoms with Crippen LogP contribution in [0.15, 0.2) is 41.2 Å². The molecule has 2 aromatic heterocycles. The Hall–Kier alpha value is -3.14. The summed E-state index contributed by atoms with van der Waals surface area (Å²) in [4.78, 5) is 20.1. The molecule has 2 heterocycles. The monoisotopic (exact) mass is 397 g/mol. The van der Waals surface area contributed by atoms with E-state index in [0.29, 0.717) is 17.4 Å². The van der Waals surface area contributed by atoms with Gasteiger partial charge in [0.1, 0.15) is 17.3 Å². The summed E-state index contributed by atoms with van der Waals surface area (Å²) >= 11 is 5.55. The number of rotatable bonds is 4.